The van der Waals surface area contributed by atoms with Gasteiger partial charge in [0, 0.05) is 17.2 Å². The lowest BCUT2D eigenvalue weighted by Gasteiger charge is -2.13. The van der Waals surface area contributed by atoms with Crippen molar-refractivity contribution < 1.29 is 13.2 Å². The molecule has 0 saturated carbocycles. The van der Waals surface area contributed by atoms with Gasteiger partial charge in [0.15, 0.2) is 0 Å². The summed E-state index contributed by atoms with van der Waals surface area (Å²) in [7, 11) is 0. The van der Waals surface area contributed by atoms with Crippen molar-refractivity contribution in [2.75, 3.05) is 5.73 Å². The van der Waals surface area contributed by atoms with Crippen LogP contribution in [0.1, 0.15) is 22.3 Å². The molecule has 0 aliphatic rings. The molecule has 1 nitrogen and oxygen atoms in total. The zero-order valence-corrected chi connectivity index (χ0v) is 12.4. The maximum Gasteiger partial charge on any atom is 0.416 e. The molecule has 0 amide bonds. The van der Waals surface area contributed by atoms with E-state index in [4.69, 9.17) is 5.73 Å². The van der Waals surface area contributed by atoms with E-state index in [-0.39, 0.29) is 11.3 Å². The Labute approximate surface area is 126 Å². The highest BCUT2D eigenvalue weighted by molar-refractivity contribution is 7.97. The summed E-state index contributed by atoms with van der Waals surface area (Å²) in [6.45, 7) is 2.00. The van der Waals surface area contributed by atoms with Gasteiger partial charge in [-0.25, -0.2) is 0 Å². The Kier molecular flexibility index (Phi) is 4.83. The van der Waals surface area contributed by atoms with Crippen molar-refractivity contribution in [1.29, 1.82) is 0 Å². The molecule has 0 fully saturated rings. The van der Waals surface area contributed by atoms with Gasteiger partial charge >= 0.3 is 6.18 Å². The minimum atomic E-state index is -4.37. The molecule has 2 aromatic carbocycles. The van der Waals surface area contributed by atoms with Crippen LogP contribution in [-0.4, -0.2) is 0 Å². The first-order chi connectivity index (χ1) is 9.86. The van der Waals surface area contributed by atoms with Crippen molar-refractivity contribution in [3.63, 3.8) is 0 Å². The van der Waals surface area contributed by atoms with E-state index in [0.717, 1.165) is 17.2 Å². The minimum absolute atomic E-state index is 0.134. The van der Waals surface area contributed by atoms with Crippen LogP contribution < -0.4 is 5.73 Å². The van der Waals surface area contributed by atoms with Gasteiger partial charge in [-0.3, -0.25) is 0 Å². The summed E-state index contributed by atoms with van der Waals surface area (Å²) in [5, 5.41) is 0. The van der Waals surface area contributed by atoms with Gasteiger partial charge in [0.1, 0.15) is 0 Å². The molecular weight excluding hydrogens is 295 g/mol. The molecular formula is C16H16F3NS. The second-order valence-electron chi connectivity index (χ2n) is 4.90. The van der Waals surface area contributed by atoms with E-state index in [9.17, 15) is 13.2 Å². The van der Waals surface area contributed by atoms with E-state index in [0.29, 0.717) is 11.5 Å². The van der Waals surface area contributed by atoms with Crippen molar-refractivity contribution in [3.05, 3.63) is 64.7 Å². The van der Waals surface area contributed by atoms with Gasteiger partial charge in [0.25, 0.3) is 0 Å². The van der Waals surface area contributed by atoms with E-state index in [1.165, 1.54) is 23.9 Å². The molecule has 2 rings (SSSR count). The molecule has 5 heteroatoms. The number of hydrogen-bond acceptors (Lipinski definition) is 2. The highest BCUT2D eigenvalue weighted by Crippen LogP contribution is 2.35. The first kappa shape index (κ1) is 15.8. The number of aryl methyl sites for hydroxylation is 1. The fourth-order valence-electron chi connectivity index (χ4n) is 2.06. The smallest absolute Gasteiger partial charge is 0.399 e. The van der Waals surface area contributed by atoms with Crippen molar-refractivity contribution in [3.8, 4) is 0 Å². The fourth-order valence-corrected chi connectivity index (χ4v) is 3.05. The van der Waals surface area contributed by atoms with E-state index in [2.05, 4.69) is 0 Å². The van der Waals surface area contributed by atoms with Gasteiger partial charge in [0.05, 0.1) is 5.56 Å². The average Bonchev–Trinajstić information content (AvgIpc) is 2.39. The van der Waals surface area contributed by atoms with E-state index >= 15 is 0 Å². The van der Waals surface area contributed by atoms with Crippen LogP contribution in [0, 0.1) is 6.92 Å². The minimum Gasteiger partial charge on any atom is -0.399 e. The molecule has 2 N–H and O–H groups in total. The van der Waals surface area contributed by atoms with E-state index in [1.807, 2.05) is 31.2 Å². The van der Waals surface area contributed by atoms with Gasteiger partial charge < -0.3 is 5.73 Å². The maximum atomic E-state index is 13.0. The van der Waals surface area contributed by atoms with Gasteiger partial charge in [-0.1, -0.05) is 35.9 Å². The summed E-state index contributed by atoms with van der Waals surface area (Å²) in [5.41, 5.74) is 7.49. The van der Waals surface area contributed by atoms with Gasteiger partial charge in [-0.15, -0.1) is 0 Å². The third-order valence-corrected chi connectivity index (χ3v) is 4.10. The van der Waals surface area contributed by atoms with Gasteiger partial charge in [-0.2, -0.15) is 24.9 Å². The molecule has 0 atom stereocenters. The van der Waals surface area contributed by atoms with Crippen LogP contribution in [0.5, 0.6) is 0 Å². The number of halogens is 3. The number of nitrogen functional groups attached to an aromatic ring is 1. The van der Waals surface area contributed by atoms with Crippen LogP contribution in [0.3, 0.4) is 0 Å². The topological polar surface area (TPSA) is 26.0 Å². The summed E-state index contributed by atoms with van der Waals surface area (Å²) in [5.74, 6) is 0.992. The summed E-state index contributed by atoms with van der Waals surface area (Å²) >= 11 is 1.46. The van der Waals surface area contributed by atoms with Crippen molar-refractivity contribution in [1.82, 2.24) is 0 Å². The predicted molar refractivity (Wildman–Crippen MR) is 82.0 cm³/mol. The second-order valence-corrected chi connectivity index (χ2v) is 5.88. The third kappa shape index (κ3) is 4.43. The number of rotatable bonds is 4. The Hall–Kier alpha value is -1.62. The van der Waals surface area contributed by atoms with E-state index < -0.39 is 11.7 Å². The number of thioether (sulfide) groups is 1. The Balaban J connectivity index is 2.07. The van der Waals surface area contributed by atoms with Gasteiger partial charge in [0.2, 0.25) is 0 Å². The van der Waals surface area contributed by atoms with Crippen LogP contribution in [0.15, 0.2) is 42.5 Å². The highest BCUT2D eigenvalue weighted by Gasteiger charge is 2.33. The molecule has 112 valence electrons. The molecule has 0 saturated heterocycles. The van der Waals surface area contributed by atoms with Crippen molar-refractivity contribution >= 4 is 17.4 Å². The van der Waals surface area contributed by atoms with Crippen LogP contribution in [-0.2, 0) is 17.7 Å². The molecule has 21 heavy (non-hydrogen) atoms. The van der Waals surface area contributed by atoms with E-state index in [1.54, 1.807) is 0 Å². The molecule has 0 radical (unpaired) electrons. The summed E-state index contributed by atoms with van der Waals surface area (Å²) in [6.07, 6.45) is -4.37. The predicted octanol–water partition coefficient (Wildman–Crippen LogP) is 5.03. The van der Waals surface area contributed by atoms with Crippen LogP contribution in [0.4, 0.5) is 18.9 Å². The maximum absolute atomic E-state index is 13.0. The number of alkyl halides is 3. The summed E-state index contributed by atoms with van der Waals surface area (Å²) in [6, 6.07) is 11.9. The standard InChI is InChI=1S/C16H16F3NS/c1-11-3-2-4-12(7-11)9-21-10-13-5-6-14(20)8-15(13)16(17,18)19/h2-8H,9-10,20H2,1H3. The second kappa shape index (κ2) is 6.43. The molecule has 2 aromatic rings. The lowest BCUT2D eigenvalue weighted by Crippen LogP contribution is -2.09. The van der Waals surface area contributed by atoms with Crippen LogP contribution in [0.2, 0.25) is 0 Å². The summed E-state index contributed by atoms with van der Waals surface area (Å²) in [4.78, 5) is 0. The Morgan fingerprint density at radius 1 is 1.05 bits per heavy atom. The van der Waals surface area contributed by atoms with Crippen LogP contribution in [0.25, 0.3) is 0 Å². The molecule has 0 bridgehead atoms. The normalized spacial score (nSPS) is 11.6. The first-order valence-corrected chi connectivity index (χ1v) is 7.60. The fraction of sp³-hybridized carbons (Fsp3) is 0.250. The Bertz CT molecular complexity index is 623. The first-order valence-electron chi connectivity index (χ1n) is 6.45. The summed E-state index contributed by atoms with van der Waals surface area (Å²) < 4.78 is 38.9. The number of anilines is 1. The molecule has 0 aromatic heterocycles. The lowest BCUT2D eigenvalue weighted by molar-refractivity contribution is -0.138. The largest absolute Gasteiger partial charge is 0.416 e. The van der Waals surface area contributed by atoms with Gasteiger partial charge in [-0.05, 0) is 30.2 Å². The molecule has 0 unspecified atom stereocenters. The SMILES string of the molecule is Cc1cccc(CSCc2ccc(N)cc2C(F)(F)F)c1. The number of benzene rings is 2. The lowest BCUT2D eigenvalue weighted by atomic mass is 10.1. The zero-order valence-electron chi connectivity index (χ0n) is 11.6. The monoisotopic (exact) mass is 311 g/mol. The Morgan fingerprint density at radius 3 is 2.48 bits per heavy atom. The van der Waals surface area contributed by atoms with Crippen molar-refractivity contribution in [2.24, 2.45) is 0 Å². The Morgan fingerprint density at radius 2 is 1.81 bits per heavy atom. The quantitative estimate of drug-likeness (QED) is 0.801. The van der Waals surface area contributed by atoms with Crippen molar-refractivity contribution in [2.45, 2.75) is 24.6 Å². The molecule has 0 aliphatic heterocycles. The number of nitrogens with two attached hydrogens (primary N) is 1. The molecule has 0 aliphatic carbocycles. The number of hydrogen-bond donors (Lipinski definition) is 1. The van der Waals surface area contributed by atoms with Crippen LogP contribution >= 0.6 is 11.8 Å². The average molecular weight is 311 g/mol. The highest BCUT2D eigenvalue weighted by atomic mass is 32.2. The molecule has 0 spiro atoms. The molecule has 0 heterocycles. The third-order valence-electron chi connectivity index (χ3n) is 3.05. The zero-order chi connectivity index (χ0) is 15.5.